The third kappa shape index (κ3) is 4.42. The Morgan fingerprint density at radius 1 is 1.14 bits per heavy atom. The second kappa shape index (κ2) is 7.39. The molecule has 0 N–H and O–H groups in total. The Kier molecular flexibility index (Phi) is 6.13. The van der Waals surface area contributed by atoms with Crippen molar-refractivity contribution in [1.29, 1.82) is 0 Å². The molecule has 0 amide bonds. The maximum Gasteiger partial charge on any atom is 0.169 e. The van der Waals surface area contributed by atoms with Gasteiger partial charge in [0.1, 0.15) is 0 Å². The lowest BCUT2D eigenvalue weighted by molar-refractivity contribution is -0.883. The van der Waals surface area contributed by atoms with Crippen LogP contribution in [0.15, 0.2) is 55.1 Å². The highest BCUT2D eigenvalue weighted by Gasteiger charge is 2.17. The van der Waals surface area contributed by atoms with Gasteiger partial charge in [0.05, 0.1) is 33.6 Å². The van der Waals surface area contributed by atoms with Gasteiger partial charge in [0, 0.05) is 5.56 Å². The Morgan fingerprint density at radius 2 is 1.81 bits per heavy atom. The number of rotatable bonds is 6. The number of quaternary nitrogens is 1. The van der Waals surface area contributed by atoms with Crippen LogP contribution < -0.4 is 12.4 Å². The van der Waals surface area contributed by atoms with Gasteiger partial charge in [-0.2, -0.15) is 0 Å². The third-order valence-corrected chi connectivity index (χ3v) is 3.66. The Hall–Kier alpha value is -1.64. The van der Waals surface area contributed by atoms with Crippen LogP contribution in [0, 0.1) is 0 Å². The van der Waals surface area contributed by atoms with Crippen LogP contribution in [0.4, 0.5) is 0 Å². The van der Waals surface area contributed by atoms with Crippen LogP contribution in [-0.2, 0) is 0 Å². The van der Waals surface area contributed by atoms with E-state index in [-0.39, 0.29) is 18.2 Å². The van der Waals surface area contributed by atoms with Gasteiger partial charge in [-0.3, -0.25) is 4.79 Å². The molecule has 112 valence electrons. The average Bonchev–Trinajstić information content (AvgIpc) is 2.44. The zero-order valence-corrected chi connectivity index (χ0v) is 13.4. The van der Waals surface area contributed by atoms with Gasteiger partial charge >= 0.3 is 0 Å². The number of likely N-dealkylation sites (N-methyl/N-ethyl adjacent to an activating group) is 1. The van der Waals surface area contributed by atoms with Gasteiger partial charge < -0.3 is 16.9 Å². The number of nitrogens with zero attached hydrogens (tertiary/aromatic N) is 1. The summed E-state index contributed by atoms with van der Waals surface area (Å²) < 4.78 is 0.792. The van der Waals surface area contributed by atoms with Gasteiger partial charge in [0.25, 0.3) is 0 Å². The first-order valence-electron chi connectivity index (χ1n) is 6.97. The summed E-state index contributed by atoms with van der Waals surface area (Å²) in [5, 5.41) is 2.17. The van der Waals surface area contributed by atoms with E-state index >= 15 is 0 Å². The Bertz CT molecular complexity index is 629. The molecule has 0 aliphatic carbocycles. The zero-order valence-electron chi connectivity index (χ0n) is 12.7. The first-order chi connectivity index (χ1) is 9.53. The lowest BCUT2D eigenvalue weighted by Crippen LogP contribution is -3.00. The Balaban J connectivity index is 0.00000220. The first kappa shape index (κ1) is 17.4. The molecule has 2 rings (SSSR count). The number of carbonyl (C=O) groups is 1. The van der Waals surface area contributed by atoms with Crippen molar-refractivity contribution in [3.05, 3.63) is 60.7 Å². The minimum Gasteiger partial charge on any atom is -1.00 e. The molecular weight excluding hydrogens is 282 g/mol. The number of benzene rings is 2. The van der Waals surface area contributed by atoms with E-state index in [0.717, 1.165) is 33.9 Å². The van der Waals surface area contributed by atoms with Crippen LogP contribution in [0.2, 0.25) is 0 Å². The molecular formula is C18H22ClNO. The molecule has 0 fully saturated rings. The van der Waals surface area contributed by atoms with Gasteiger partial charge in [-0.25, -0.2) is 0 Å². The molecule has 2 aromatic carbocycles. The van der Waals surface area contributed by atoms with Crippen molar-refractivity contribution in [3.63, 3.8) is 0 Å². The molecule has 2 aromatic rings. The topological polar surface area (TPSA) is 17.1 Å². The number of halogens is 1. The number of hydrogen-bond acceptors (Lipinski definition) is 1. The average molecular weight is 304 g/mol. The monoisotopic (exact) mass is 303 g/mol. The first-order valence-corrected chi connectivity index (χ1v) is 6.97. The molecule has 0 radical (unpaired) electrons. The molecule has 0 unspecified atom stereocenters. The Morgan fingerprint density at radius 3 is 2.52 bits per heavy atom. The van der Waals surface area contributed by atoms with Crippen molar-refractivity contribution < 1.29 is 21.7 Å². The number of Topliss-reactive ketones (excluding diaryl/α,β-unsaturated/α-hetero) is 1. The normalized spacial score (nSPS) is 11.0. The maximum absolute atomic E-state index is 12.5. The maximum atomic E-state index is 12.5. The second-order valence-corrected chi connectivity index (χ2v) is 5.83. The highest BCUT2D eigenvalue weighted by atomic mass is 35.5. The molecule has 2 nitrogen and oxygen atoms in total. The van der Waals surface area contributed by atoms with Crippen molar-refractivity contribution in [2.75, 3.05) is 27.2 Å². The molecule has 0 heterocycles. The number of hydrogen-bond donors (Lipinski definition) is 0. The molecule has 3 heteroatoms. The van der Waals surface area contributed by atoms with E-state index in [1.807, 2.05) is 48.5 Å². The fourth-order valence-electron chi connectivity index (χ4n) is 2.45. The minimum absolute atomic E-state index is 0. The number of ketones is 1. The molecule has 21 heavy (non-hydrogen) atoms. The molecule has 0 bridgehead atoms. The molecule has 0 aliphatic heterocycles. The summed E-state index contributed by atoms with van der Waals surface area (Å²) in [6.45, 7) is 5.48. The quantitative estimate of drug-likeness (QED) is 0.436. The van der Waals surface area contributed by atoms with Crippen molar-refractivity contribution >= 4 is 16.6 Å². The molecule has 0 saturated heterocycles. The van der Waals surface area contributed by atoms with E-state index in [1.165, 1.54) is 0 Å². The summed E-state index contributed by atoms with van der Waals surface area (Å²) >= 11 is 0. The summed E-state index contributed by atoms with van der Waals surface area (Å²) in [4.78, 5) is 12.5. The van der Waals surface area contributed by atoms with Crippen molar-refractivity contribution in [2.24, 2.45) is 0 Å². The standard InChI is InChI=1S/C18H22NO.ClH/c1-4-13-19(2,3)14-12-18(20)17-11-7-9-15-8-5-6-10-16(15)17;/h4-11H,1,12-14H2,2-3H3;1H/q+1;/p-1. The van der Waals surface area contributed by atoms with E-state index in [9.17, 15) is 4.79 Å². The van der Waals surface area contributed by atoms with Crippen molar-refractivity contribution in [1.82, 2.24) is 0 Å². The van der Waals surface area contributed by atoms with Gasteiger partial charge in [0.15, 0.2) is 5.78 Å². The minimum atomic E-state index is 0. The summed E-state index contributed by atoms with van der Waals surface area (Å²) in [7, 11) is 4.25. The highest BCUT2D eigenvalue weighted by molar-refractivity contribution is 6.08. The van der Waals surface area contributed by atoms with E-state index in [4.69, 9.17) is 0 Å². The van der Waals surface area contributed by atoms with E-state index in [0.29, 0.717) is 6.42 Å². The lowest BCUT2D eigenvalue weighted by atomic mass is 10.00. The largest absolute Gasteiger partial charge is 1.00 e. The van der Waals surface area contributed by atoms with Crippen LogP contribution >= 0.6 is 0 Å². The molecule has 0 spiro atoms. The van der Waals surface area contributed by atoms with Gasteiger partial charge in [-0.1, -0.05) is 49.0 Å². The summed E-state index contributed by atoms with van der Waals surface area (Å²) in [6.07, 6.45) is 2.47. The van der Waals surface area contributed by atoms with Gasteiger partial charge in [0.2, 0.25) is 0 Å². The highest BCUT2D eigenvalue weighted by Crippen LogP contribution is 2.20. The van der Waals surface area contributed by atoms with E-state index in [1.54, 1.807) is 0 Å². The van der Waals surface area contributed by atoms with Crippen LogP contribution in [0.1, 0.15) is 16.8 Å². The van der Waals surface area contributed by atoms with Crippen LogP contribution in [0.25, 0.3) is 10.8 Å². The molecule has 0 atom stereocenters. The summed E-state index contributed by atoms with van der Waals surface area (Å²) in [6, 6.07) is 14.0. The van der Waals surface area contributed by atoms with Crippen LogP contribution in [0.5, 0.6) is 0 Å². The van der Waals surface area contributed by atoms with Crippen molar-refractivity contribution in [2.45, 2.75) is 6.42 Å². The van der Waals surface area contributed by atoms with Gasteiger partial charge in [-0.05, 0) is 16.8 Å². The summed E-state index contributed by atoms with van der Waals surface area (Å²) in [5.74, 6) is 0.220. The predicted octanol–water partition coefficient (Wildman–Crippen LogP) is 0.679. The number of fused-ring (bicyclic) bond motifs is 1. The fraction of sp³-hybridized carbons (Fsp3) is 0.278. The molecule has 0 aliphatic rings. The van der Waals surface area contributed by atoms with Crippen LogP contribution in [0.3, 0.4) is 0 Å². The smallest absolute Gasteiger partial charge is 0.169 e. The third-order valence-electron chi connectivity index (χ3n) is 3.66. The lowest BCUT2D eigenvalue weighted by Gasteiger charge is -2.28. The van der Waals surface area contributed by atoms with Crippen LogP contribution in [-0.4, -0.2) is 37.5 Å². The predicted molar refractivity (Wildman–Crippen MR) is 84.9 cm³/mol. The number of carbonyl (C=O) groups excluding carboxylic acids is 1. The SMILES string of the molecule is C=CC[N+](C)(C)CCC(=O)c1cccc2ccccc12.[Cl-]. The van der Waals surface area contributed by atoms with E-state index < -0.39 is 0 Å². The fourth-order valence-corrected chi connectivity index (χ4v) is 2.45. The summed E-state index contributed by atoms with van der Waals surface area (Å²) in [5.41, 5.74) is 0.835. The second-order valence-electron chi connectivity index (χ2n) is 5.83. The Labute approximate surface area is 133 Å². The molecule has 0 aromatic heterocycles. The molecule has 0 saturated carbocycles. The van der Waals surface area contributed by atoms with Crippen molar-refractivity contribution in [3.8, 4) is 0 Å². The zero-order chi connectivity index (χ0) is 14.6. The van der Waals surface area contributed by atoms with E-state index in [2.05, 4.69) is 20.7 Å². The van der Waals surface area contributed by atoms with Gasteiger partial charge in [-0.15, -0.1) is 0 Å².